The summed E-state index contributed by atoms with van der Waals surface area (Å²) in [5.74, 6) is -1.10. The summed E-state index contributed by atoms with van der Waals surface area (Å²) in [5.41, 5.74) is 2.35. The Morgan fingerprint density at radius 2 is 1.67 bits per heavy atom. The SMILES string of the molecule is Cc1cccc(C)c1C(C(=O)NCc1ccccc1)N(CC#N)C(=O)C(CS)NC(=O)OC(C)(C)C. The molecule has 0 saturated heterocycles. The number of alkyl carbamates (subject to hydrolysis) is 1. The third-order valence-corrected chi connectivity index (χ3v) is 5.75. The zero-order valence-corrected chi connectivity index (χ0v) is 22.3. The van der Waals surface area contributed by atoms with Gasteiger partial charge >= 0.3 is 6.09 Å². The number of hydrogen-bond donors (Lipinski definition) is 3. The first-order valence-electron chi connectivity index (χ1n) is 11.6. The Kier molecular flexibility index (Phi) is 10.4. The van der Waals surface area contributed by atoms with E-state index in [0.717, 1.165) is 16.7 Å². The van der Waals surface area contributed by atoms with Gasteiger partial charge in [0.15, 0.2) is 0 Å². The van der Waals surface area contributed by atoms with Crippen molar-refractivity contribution >= 4 is 30.5 Å². The van der Waals surface area contributed by atoms with Gasteiger partial charge in [-0.2, -0.15) is 17.9 Å². The number of nitrogens with zero attached hydrogens (tertiary/aromatic N) is 2. The lowest BCUT2D eigenvalue weighted by molar-refractivity contribution is -0.141. The molecule has 2 N–H and O–H groups in total. The lowest BCUT2D eigenvalue weighted by Crippen LogP contribution is -2.54. The summed E-state index contributed by atoms with van der Waals surface area (Å²) in [6, 6.07) is 14.8. The first-order valence-corrected chi connectivity index (χ1v) is 12.3. The number of benzene rings is 2. The van der Waals surface area contributed by atoms with Crippen molar-refractivity contribution in [2.75, 3.05) is 12.3 Å². The second-order valence-corrected chi connectivity index (χ2v) is 9.78. The Labute approximate surface area is 218 Å². The molecule has 0 spiro atoms. The third-order valence-electron chi connectivity index (χ3n) is 5.38. The minimum absolute atomic E-state index is 0.0505. The minimum Gasteiger partial charge on any atom is -0.444 e. The van der Waals surface area contributed by atoms with Gasteiger partial charge in [-0.25, -0.2) is 4.79 Å². The summed E-state index contributed by atoms with van der Waals surface area (Å²) >= 11 is 4.24. The molecule has 0 heterocycles. The van der Waals surface area contributed by atoms with Gasteiger partial charge in [0.05, 0.1) is 6.07 Å². The average Bonchev–Trinajstić information content (AvgIpc) is 2.81. The van der Waals surface area contributed by atoms with Crippen LogP contribution in [0.1, 0.15) is 49.1 Å². The number of carbonyl (C=O) groups excluding carboxylic acids is 3. The summed E-state index contributed by atoms with van der Waals surface area (Å²) in [7, 11) is 0. The smallest absolute Gasteiger partial charge is 0.408 e. The Hall–Kier alpha value is -3.51. The van der Waals surface area contributed by atoms with Gasteiger partial charge in [-0.15, -0.1) is 0 Å². The second-order valence-electron chi connectivity index (χ2n) is 9.42. The number of ether oxygens (including phenoxy) is 1. The summed E-state index contributed by atoms with van der Waals surface area (Å²) in [5, 5.41) is 15.0. The van der Waals surface area contributed by atoms with Crippen LogP contribution >= 0.6 is 12.6 Å². The lowest BCUT2D eigenvalue weighted by atomic mass is 9.93. The van der Waals surface area contributed by atoms with Crippen LogP contribution in [0, 0.1) is 25.2 Å². The van der Waals surface area contributed by atoms with Crippen LogP contribution in [0.15, 0.2) is 48.5 Å². The van der Waals surface area contributed by atoms with Gasteiger partial charge < -0.3 is 20.3 Å². The van der Waals surface area contributed by atoms with E-state index in [1.54, 1.807) is 20.8 Å². The molecule has 2 aromatic rings. The molecule has 0 aliphatic carbocycles. The van der Waals surface area contributed by atoms with E-state index in [0.29, 0.717) is 5.56 Å². The van der Waals surface area contributed by atoms with E-state index in [1.165, 1.54) is 4.90 Å². The van der Waals surface area contributed by atoms with E-state index in [1.807, 2.05) is 68.4 Å². The van der Waals surface area contributed by atoms with E-state index >= 15 is 0 Å². The fraction of sp³-hybridized carbons (Fsp3) is 0.407. The first-order chi connectivity index (χ1) is 17.0. The minimum atomic E-state index is -1.11. The molecule has 3 amide bonds. The van der Waals surface area contributed by atoms with Gasteiger partial charge in [0.1, 0.15) is 24.2 Å². The highest BCUT2D eigenvalue weighted by Gasteiger charge is 2.37. The molecule has 0 aromatic heterocycles. The number of amides is 3. The van der Waals surface area contributed by atoms with Crippen LogP contribution in [0.25, 0.3) is 0 Å². The van der Waals surface area contributed by atoms with Crippen molar-refractivity contribution < 1.29 is 19.1 Å². The monoisotopic (exact) mass is 510 g/mol. The maximum absolute atomic E-state index is 13.7. The van der Waals surface area contributed by atoms with Crippen molar-refractivity contribution in [3.8, 4) is 6.07 Å². The Morgan fingerprint density at radius 1 is 1.06 bits per heavy atom. The van der Waals surface area contributed by atoms with E-state index in [-0.39, 0.29) is 18.8 Å². The molecule has 2 aromatic carbocycles. The lowest BCUT2D eigenvalue weighted by Gasteiger charge is -2.34. The molecular weight excluding hydrogens is 476 g/mol. The Bertz CT molecular complexity index is 1090. The van der Waals surface area contributed by atoms with Gasteiger partial charge in [-0.1, -0.05) is 48.5 Å². The number of aryl methyl sites for hydroxylation is 2. The summed E-state index contributed by atoms with van der Waals surface area (Å²) in [6.45, 7) is 8.71. The Balaban J connectivity index is 2.44. The van der Waals surface area contributed by atoms with Gasteiger partial charge in [-0.05, 0) is 56.9 Å². The second kappa shape index (κ2) is 13.0. The Morgan fingerprint density at radius 3 is 2.19 bits per heavy atom. The van der Waals surface area contributed by atoms with Crippen LogP contribution < -0.4 is 10.6 Å². The molecule has 0 saturated carbocycles. The van der Waals surface area contributed by atoms with Gasteiger partial charge in [0, 0.05) is 12.3 Å². The molecular formula is C27H34N4O4S. The first kappa shape index (κ1) is 28.7. The fourth-order valence-corrected chi connectivity index (χ4v) is 4.02. The molecule has 2 rings (SSSR count). The van der Waals surface area contributed by atoms with Crippen LogP contribution in [0.5, 0.6) is 0 Å². The topological polar surface area (TPSA) is 112 Å². The number of rotatable bonds is 9. The molecule has 8 nitrogen and oxygen atoms in total. The predicted octanol–water partition coefficient (Wildman–Crippen LogP) is 3.84. The maximum Gasteiger partial charge on any atom is 0.408 e. The normalized spacial score (nSPS) is 12.6. The van der Waals surface area contributed by atoms with Crippen LogP contribution in [-0.4, -0.2) is 46.7 Å². The number of thiol groups is 1. The average molecular weight is 511 g/mol. The van der Waals surface area contributed by atoms with Gasteiger partial charge in [0.2, 0.25) is 11.8 Å². The highest BCUT2D eigenvalue weighted by atomic mass is 32.1. The molecule has 192 valence electrons. The molecule has 36 heavy (non-hydrogen) atoms. The maximum atomic E-state index is 13.7. The van der Waals surface area contributed by atoms with Crippen LogP contribution in [0.3, 0.4) is 0 Å². The third kappa shape index (κ3) is 8.02. The van der Waals surface area contributed by atoms with Crippen LogP contribution in [0.2, 0.25) is 0 Å². The number of nitrogens with one attached hydrogen (secondary N) is 2. The molecule has 2 unspecified atom stereocenters. The molecule has 0 aliphatic rings. The van der Waals surface area contributed by atoms with E-state index in [2.05, 4.69) is 23.3 Å². The van der Waals surface area contributed by atoms with Gasteiger partial charge in [-0.3, -0.25) is 9.59 Å². The van der Waals surface area contributed by atoms with E-state index in [9.17, 15) is 19.6 Å². The van der Waals surface area contributed by atoms with Gasteiger partial charge in [0.25, 0.3) is 0 Å². The molecule has 0 radical (unpaired) electrons. The van der Waals surface area contributed by atoms with E-state index in [4.69, 9.17) is 4.74 Å². The van der Waals surface area contributed by atoms with Crippen molar-refractivity contribution in [2.24, 2.45) is 0 Å². The summed E-state index contributed by atoms with van der Waals surface area (Å²) < 4.78 is 5.28. The number of carbonyl (C=O) groups is 3. The standard InChI is InChI=1S/C27H34N4O4S/c1-18-10-9-11-19(2)22(18)23(24(32)29-16-20-12-7-6-8-13-20)31(15-14-28)25(33)21(17-36)30-26(34)35-27(3,4)5/h6-13,21,23,36H,15-17H2,1-5H3,(H,29,32)(H,30,34). The molecule has 0 bridgehead atoms. The van der Waals surface area contributed by atoms with Crippen LogP contribution in [0.4, 0.5) is 4.79 Å². The molecule has 9 heteroatoms. The van der Waals surface area contributed by atoms with Crippen molar-refractivity contribution in [3.05, 3.63) is 70.8 Å². The van der Waals surface area contributed by atoms with Crippen molar-refractivity contribution in [1.29, 1.82) is 5.26 Å². The zero-order valence-electron chi connectivity index (χ0n) is 21.4. The molecule has 2 atom stereocenters. The fourth-order valence-electron chi connectivity index (χ4n) is 3.78. The highest BCUT2D eigenvalue weighted by Crippen LogP contribution is 2.28. The predicted molar refractivity (Wildman–Crippen MR) is 141 cm³/mol. The number of hydrogen-bond acceptors (Lipinski definition) is 6. The summed E-state index contributed by atoms with van der Waals surface area (Å²) in [6.07, 6.45) is -0.788. The summed E-state index contributed by atoms with van der Waals surface area (Å²) in [4.78, 5) is 40.8. The van der Waals surface area contributed by atoms with Crippen LogP contribution in [-0.2, 0) is 20.9 Å². The largest absolute Gasteiger partial charge is 0.444 e. The van der Waals surface area contributed by atoms with E-state index < -0.39 is 35.6 Å². The van der Waals surface area contributed by atoms with Crippen molar-refractivity contribution in [1.82, 2.24) is 15.5 Å². The highest BCUT2D eigenvalue weighted by molar-refractivity contribution is 7.80. The van der Waals surface area contributed by atoms with Crippen molar-refractivity contribution in [3.63, 3.8) is 0 Å². The molecule has 0 fully saturated rings. The number of nitriles is 1. The molecule has 0 aliphatic heterocycles. The zero-order chi connectivity index (χ0) is 26.9. The quantitative estimate of drug-likeness (QED) is 0.351. The van der Waals surface area contributed by atoms with Crippen molar-refractivity contribution in [2.45, 2.75) is 58.8 Å².